The molecule has 0 aliphatic carbocycles. The highest BCUT2D eigenvalue weighted by molar-refractivity contribution is 5.85. The number of benzene rings is 1. The van der Waals surface area contributed by atoms with Crippen LogP contribution in [-0.2, 0) is 13.2 Å². The topological polar surface area (TPSA) is 74.2 Å². The zero-order valence-corrected chi connectivity index (χ0v) is 9.31. The Labute approximate surface area is 99.0 Å². The van der Waals surface area contributed by atoms with Gasteiger partial charge in [-0.25, -0.2) is 0 Å². The molecule has 86 valence electrons. The lowest BCUT2D eigenvalue weighted by Crippen LogP contribution is -1.99. The van der Waals surface area contributed by atoms with E-state index in [-0.39, 0.29) is 25.6 Å². The molecule has 0 fully saturated rings. The molecule has 0 saturated carbocycles. The molecule has 1 aromatic carbocycles. The van der Waals surface area contributed by atoms with Gasteiger partial charge in [0.25, 0.3) is 5.89 Å². The molecule has 0 aliphatic heterocycles. The number of para-hydroxylation sites is 1. The van der Waals surface area contributed by atoms with E-state index >= 15 is 0 Å². The van der Waals surface area contributed by atoms with Gasteiger partial charge in [-0.1, -0.05) is 23.4 Å². The van der Waals surface area contributed by atoms with Crippen molar-refractivity contribution in [2.75, 3.05) is 0 Å². The maximum absolute atomic E-state index is 5.41. The van der Waals surface area contributed by atoms with Crippen molar-refractivity contribution in [2.24, 2.45) is 5.73 Å². The van der Waals surface area contributed by atoms with E-state index < -0.39 is 0 Å². The highest BCUT2D eigenvalue weighted by Crippen LogP contribution is 2.10. The zero-order valence-electron chi connectivity index (χ0n) is 8.50. The second-order valence-corrected chi connectivity index (χ2v) is 2.91. The van der Waals surface area contributed by atoms with Crippen LogP contribution in [0.1, 0.15) is 11.7 Å². The van der Waals surface area contributed by atoms with Gasteiger partial charge >= 0.3 is 0 Å². The lowest BCUT2D eigenvalue weighted by molar-refractivity contribution is 0.242. The van der Waals surface area contributed by atoms with Crippen molar-refractivity contribution in [1.82, 2.24) is 10.1 Å². The Morgan fingerprint density at radius 3 is 2.62 bits per heavy atom. The lowest BCUT2D eigenvalue weighted by Gasteiger charge is -2.00. The number of rotatable bonds is 4. The summed E-state index contributed by atoms with van der Waals surface area (Å²) in [6, 6.07) is 9.44. The average Bonchev–Trinajstić information content (AvgIpc) is 2.76. The molecule has 2 rings (SSSR count). The second kappa shape index (κ2) is 6.09. The molecular formula is C10H12ClN3O2. The molecule has 2 aromatic rings. The van der Waals surface area contributed by atoms with E-state index in [0.717, 1.165) is 5.75 Å². The van der Waals surface area contributed by atoms with Gasteiger partial charge in [0.15, 0.2) is 12.4 Å². The van der Waals surface area contributed by atoms with Crippen LogP contribution < -0.4 is 10.5 Å². The molecule has 1 heterocycles. The molecule has 0 amide bonds. The fourth-order valence-electron chi connectivity index (χ4n) is 1.09. The minimum absolute atomic E-state index is 0. The van der Waals surface area contributed by atoms with E-state index in [2.05, 4.69) is 10.1 Å². The van der Waals surface area contributed by atoms with Gasteiger partial charge < -0.3 is 15.0 Å². The first-order valence-corrected chi connectivity index (χ1v) is 4.58. The first kappa shape index (κ1) is 12.5. The van der Waals surface area contributed by atoms with Crippen LogP contribution >= 0.6 is 12.4 Å². The third kappa shape index (κ3) is 3.22. The summed E-state index contributed by atoms with van der Waals surface area (Å²) >= 11 is 0. The smallest absolute Gasteiger partial charge is 0.264 e. The van der Waals surface area contributed by atoms with Crippen LogP contribution in [0.2, 0.25) is 0 Å². The predicted molar refractivity (Wildman–Crippen MR) is 60.2 cm³/mol. The summed E-state index contributed by atoms with van der Waals surface area (Å²) in [5, 5.41) is 3.66. The van der Waals surface area contributed by atoms with Crippen LogP contribution in [-0.4, -0.2) is 10.1 Å². The zero-order chi connectivity index (χ0) is 10.5. The maximum atomic E-state index is 5.41. The molecule has 0 bridgehead atoms. The molecule has 6 heteroatoms. The van der Waals surface area contributed by atoms with Crippen molar-refractivity contribution in [3.8, 4) is 5.75 Å². The van der Waals surface area contributed by atoms with Crippen molar-refractivity contribution in [3.05, 3.63) is 42.0 Å². The molecule has 0 spiro atoms. The highest BCUT2D eigenvalue weighted by Gasteiger charge is 2.04. The van der Waals surface area contributed by atoms with E-state index in [1.165, 1.54) is 0 Å². The molecule has 0 atom stereocenters. The predicted octanol–water partition coefficient (Wildman–Crippen LogP) is 1.53. The van der Waals surface area contributed by atoms with E-state index in [1.54, 1.807) is 0 Å². The monoisotopic (exact) mass is 241 g/mol. The summed E-state index contributed by atoms with van der Waals surface area (Å²) in [7, 11) is 0. The first-order chi connectivity index (χ1) is 7.38. The number of aromatic nitrogens is 2. The van der Waals surface area contributed by atoms with Crippen molar-refractivity contribution < 1.29 is 9.26 Å². The molecule has 16 heavy (non-hydrogen) atoms. The minimum atomic E-state index is 0. The Kier molecular flexibility index (Phi) is 4.75. The van der Waals surface area contributed by atoms with Crippen LogP contribution in [0.3, 0.4) is 0 Å². The van der Waals surface area contributed by atoms with E-state index in [4.69, 9.17) is 15.0 Å². The quantitative estimate of drug-likeness (QED) is 0.879. The fraction of sp³-hybridized carbons (Fsp3) is 0.200. The van der Waals surface area contributed by atoms with Gasteiger partial charge in [0.1, 0.15) is 5.75 Å². The summed E-state index contributed by atoms with van der Waals surface area (Å²) in [5.41, 5.74) is 5.34. The summed E-state index contributed by atoms with van der Waals surface area (Å²) in [4.78, 5) is 4.02. The van der Waals surface area contributed by atoms with Gasteiger partial charge in [0.2, 0.25) is 0 Å². The van der Waals surface area contributed by atoms with Gasteiger partial charge in [-0.15, -0.1) is 12.4 Å². The second-order valence-electron chi connectivity index (χ2n) is 2.91. The van der Waals surface area contributed by atoms with E-state index in [1.807, 2.05) is 30.3 Å². The molecule has 0 saturated heterocycles. The summed E-state index contributed by atoms with van der Waals surface area (Å²) in [5.74, 6) is 1.69. The third-order valence-corrected chi connectivity index (χ3v) is 1.80. The third-order valence-electron chi connectivity index (χ3n) is 1.80. The number of nitrogens with two attached hydrogens (primary N) is 1. The summed E-state index contributed by atoms with van der Waals surface area (Å²) < 4.78 is 10.3. The largest absolute Gasteiger partial charge is 0.484 e. The molecule has 0 radical (unpaired) electrons. The Hall–Kier alpha value is -1.59. The highest BCUT2D eigenvalue weighted by atomic mass is 35.5. The van der Waals surface area contributed by atoms with Crippen molar-refractivity contribution >= 4 is 12.4 Å². The lowest BCUT2D eigenvalue weighted by atomic mass is 10.3. The van der Waals surface area contributed by atoms with Crippen molar-refractivity contribution in [1.29, 1.82) is 0 Å². The number of nitrogens with zero attached hydrogens (tertiary/aromatic N) is 2. The number of hydrogen-bond acceptors (Lipinski definition) is 5. The Balaban J connectivity index is 0.00000128. The Bertz CT molecular complexity index is 419. The Morgan fingerprint density at radius 1 is 1.25 bits per heavy atom. The SMILES string of the molecule is Cl.NCc1noc(COc2ccccc2)n1. The average molecular weight is 242 g/mol. The van der Waals surface area contributed by atoms with E-state index in [9.17, 15) is 0 Å². The molecule has 0 aliphatic rings. The van der Waals surface area contributed by atoms with Crippen molar-refractivity contribution in [3.63, 3.8) is 0 Å². The summed E-state index contributed by atoms with van der Waals surface area (Å²) in [6.45, 7) is 0.534. The van der Waals surface area contributed by atoms with Gasteiger partial charge in [-0.2, -0.15) is 4.98 Å². The molecule has 2 N–H and O–H groups in total. The molecule has 0 unspecified atom stereocenters. The van der Waals surface area contributed by atoms with Crippen molar-refractivity contribution in [2.45, 2.75) is 13.2 Å². The van der Waals surface area contributed by atoms with Gasteiger partial charge in [0.05, 0.1) is 6.54 Å². The maximum Gasteiger partial charge on any atom is 0.264 e. The van der Waals surface area contributed by atoms with Crippen LogP contribution in [0, 0.1) is 0 Å². The van der Waals surface area contributed by atoms with Crippen LogP contribution in [0.15, 0.2) is 34.9 Å². The number of hydrogen-bond donors (Lipinski definition) is 1. The van der Waals surface area contributed by atoms with Crippen LogP contribution in [0.4, 0.5) is 0 Å². The minimum Gasteiger partial charge on any atom is -0.484 e. The van der Waals surface area contributed by atoms with E-state index in [0.29, 0.717) is 11.7 Å². The van der Waals surface area contributed by atoms with Crippen LogP contribution in [0.25, 0.3) is 0 Å². The summed E-state index contributed by atoms with van der Waals surface area (Å²) in [6.07, 6.45) is 0. The number of halogens is 1. The molecular weight excluding hydrogens is 230 g/mol. The van der Waals surface area contributed by atoms with Gasteiger partial charge in [0, 0.05) is 0 Å². The fourth-order valence-corrected chi connectivity index (χ4v) is 1.09. The Morgan fingerprint density at radius 2 is 2.00 bits per heavy atom. The first-order valence-electron chi connectivity index (χ1n) is 4.58. The molecule has 5 nitrogen and oxygen atoms in total. The normalized spacial score (nSPS) is 9.56. The van der Waals surface area contributed by atoms with Gasteiger partial charge in [-0.05, 0) is 12.1 Å². The number of ether oxygens (including phenoxy) is 1. The van der Waals surface area contributed by atoms with Crippen LogP contribution in [0.5, 0.6) is 5.75 Å². The standard InChI is InChI=1S/C10H11N3O2.ClH/c11-6-9-12-10(15-13-9)7-14-8-4-2-1-3-5-8;/h1-5H,6-7,11H2;1H. The molecule has 1 aromatic heterocycles. The van der Waals surface area contributed by atoms with Gasteiger partial charge in [-0.3, -0.25) is 0 Å².